The van der Waals surface area contributed by atoms with Crippen molar-refractivity contribution in [2.45, 2.75) is 32.7 Å². The highest BCUT2D eigenvalue weighted by Crippen LogP contribution is 2.25. The number of rotatable bonds is 5. The maximum absolute atomic E-state index is 12.5. The molecule has 1 unspecified atom stereocenters. The van der Waals surface area contributed by atoms with Gasteiger partial charge >= 0.3 is 5.97 Å². The molecule has 3 rings (SSSR count). The second-order valence-electron chi connectivity index (χ2n) is 6.17. The number of carboxylic acid groups (broad SMARTS) is 1. The molecule has 1 saturated heterocycles. The Bertz CT molecular complexity index is 877. The Morgan fingerprint density at radius 1 is 1.38 bits per heavy atom. The van der Waals surface area contributed by atoms with Gasteiger partial charge in [0.15, 0.2) is 0 Å². The van der Waals surface area contributed by atoms with Crippen LogP contribution in [0, 0.1) is 6.92 Å². The maximum Gasteiger partial charge on any atom is 0.347 e. The zero-order valence-electron chi connectivity index (χ0n) is 14.5. The van der Waals surface area contributed by atoms with E-state index in [-0.39, 0.29) is 16.7 Å². The van der Waals surface area contributed by atoms with E-state index in [2.05, 4.69) is 10.3 Å². The van der Waals surface area contributed by atoms with E-state index in [9.17, 15) is 14.4 Å². The zero-order valence-corrected chi connectivity index (χ0v) is 15.3. The van der Waals surface area contributed by atoms with E-state index in [4.69, 9.17) is 5.11 Å². The molecule has 2 aromatic rings. The van der Waals surface area contributed by atoms with Crippen LogP contribution in [0.15, 0.2) is 24.3 Å². The Hall–Kier alpha value is -2.74. The van der Waals surface area contributed by atoms with Gasteiger partial charge in [0, 0.05) is 24.2 Å². The Labute approximate surface area is 154 Å². The van der Waals surface area contributed by atoms with Crippen molar-refractivity contribution >= 4 is 34.8 Å². The van der Waals surface area contributed by atoms with E-state index >= 15 is 0 Å². The number of amides is 2. The number of carboxylic acids is 1. The Morgan fingerprint density at radius 2 is 2.15 bits per heavy atom. The highest BCUT2D eigenvalue weighted by atomic mass is 32.1. The summed E-state index contributed by atoms with van der Waals surface area (Å²) >= 11 is 1.06. The number of thiazole rings is 1. The molecular formula is C18H19N3O4S. The lowest BCUT2D eigenvalue weighted by molar-refractivity contribution is -0.117. The van der Waals surface area contributed by atoms with Gasteiger partial charge in [-0.2, -0.15) is 0 Å². The van der Waals surface area contributed by atoms with Gasteiger partial charge in [-0.05, 0) is 38.5 Å². The van der Waals surface area contributed by atoms with Gasteiger partial charge in [-0.1, -0.05) is 6.07 Å². The molecule has 0 saturated carbocycles. The molecule has 0 radical (unpaired) electrons. The van der Waals surface area contributed by atoms with Crippen molar-refractivity contribution in [3.05, 3.63) is 45.4 Å². The highest BCUT2D eigenvalue weighted by molar-refractivity contribution is 7.13. The second-order valence-corrected chi connectivity index (χ2v) is 7.20. The van der Waals surface area contributed by atoms with E-state index < -0.39 is 12.0 Å². The van der Waals surface area contributed by atoms with E-state index in [0.717, 1.165) is 17.8 Å². The van der Waals surface area contributed by atoms with Crippen molar-refractivity contribution < 1.29 is 19.5 Å². The first-order valence-electron chi connectivity index (χ1n) is 8.28. The summed E-state index contributed by atoms with van der Waals surface area (Å²) in [5.74, 6) is -1.25. The molecule has 0 bridgehead atoms. The first-order chi connectivity index (χ1) is 12.4. The van der Waals surface area contributed by atoms with Crippen LogP contribution in [0.1, 0.15) is 56.5 Å². The molecule has 26 heavy (non-hydrogen) atoms. The molecule has 8 heteroatoms. The molecule has 7 nitrogen and oxygen atoms in total. The molecule has 1 aliphatic rings. The molecule has 2 heterocycles. The molecule has 1 aromatic carbocycles. The van der Waals surface area contributed by atoms with Crippen LogP contribution in [-0.2, 0) is 4.79 Å². The van der Waals surface area contributed by atoms with Crippen LogP contribution < -0.4 is 10.2 Å². The molecule has 0 aliphatic carbocycles. The third-order valence-electron chi connectivity index (χ3n) is 4.22. The molecule has 0 spiro atoms. The third-order valence-corrected chi connectivity index (χ3v) is 5.55. The van der Waals surface area contributed by atoms with Gasteiger partial charge < -0.3 is 15.3 Å². The van der Waals surface area contributed by atoms with Crippen molar-refractivity contribution in [1.29, 1.82) is 0 Å². The average Bonchev–Trinajstić information content (AvgIpc) is 3.20. The predicted octanol–water partition coefficient (Wildman–Crippen LogP) is 2.77. The number of hydrogen-bond acceptors (Lipinski definition) is 5. The molecule has 2 N–H and O–H groups in total. The minimum atomic E-state index is -1.02. The first-order valence-corrected chi connectivity index (χ1v) is 9.10. The average molecular weight is 373 g/mol. The lowest BCUT2D eigenvalue weighted by Gasteiger charge is -2.17. The Kier molecular flexibility index (Phi) is 5.03. The molecule has 1 aliphatic heterocycles. The quantitative estimate of drug-likeness (QED) is 0.839. The molecule has 1 atom stereocenters. The number of benzene rings is 1. The van der Waals surface area contributed by atoms with Crippen molar-refractivity contribution in [1.82, 2.24) is 10.3 Å². The fourth-order valence-electron chi connectivity index (χ4n) is 2.88. The molecule has 1 fully saturated rings. The zero-order chi connectivity index (χ0) is 18.8. The molecule has 2 amide bonds. The first kappa shape index (κ1) is 18.1. The van der Waals surface area contributed by atoms with Gasteiger partial charge in [-0.3, -0.25) is 9.59 Å². The maximum atomic E-state index is 12.5. The van der Waals surface area contributed by atoms with Crippen LogP contribution in [0.4, 0.5) is 5.69 Å². The Morgan fingerprint density at radius 3 is 2.77 bits per heavy atom. The number of aromatic carboxylic acids is 1. The lowest BCUT2D eigenvalue weighted by atomic mass is 10.1. The lowest BCUT2D eigenvalue weighted by Crippen LogP contribution is -2.27. The Balaban J connectivity index is 1.74. The number of aryl methyl sites for hydroxylation is 1. The van der Waals surface area contributed by atoms with E-state index in [1.165, 1.54) is 0 Å². The smallest absolute Gasteiger partial charge is 0.347 e. The summed E-state index contributed by atoms with van der Waals surface area (Å²) in [6.45, 7) is 4.06. The summed E-state index contributed by atoms with van der Waals surface area (Å²) in [5, 5.41) is 12.5. The van der Waals surface area contributed by atoms with E-state index in [1.807, 2.05) is 6.07 Å². The van der Waals surface area contributed by atoms with Gasteiger partial charge in [0.1, 0.15) is 9.88 Å². The van der Waals surface area contributed by atoms with Crippen LogP contribution in [0.2, 0.25) is 0 Å². The van der Waals surface area contributed by atoms with Crippen molar-refractivity contribution in [3.8, 4) is 0 Å². The minimum Gasteiger partial charge on any atom is -0.477 e. The molecule has 136 valence electrons. The largest absolute Gasteiger partial charge is 0.477 e. The van der Waals surface area contributed by atoms with Gasteiger partial charge in [0.25, 0.3) is 5.91 Å². The number of hydrogen-bond donors (Lipinski definition) is 2. The standard InChI is InChI=1S/C18H19N3O4S/c1-10-15(18(24)25)26-17(20-10)11(2)19-16(23)12-5-3-6-13(9-12)21-8-4-7-14(21)22/h3,5-6,9,11H,4,7-8H2,1-2H3,(H,19,23)(H,24,25). The van der Waals surface area contributed by atoms with Gasteiger partial charge in [0.05, 0.1) is 11.7 Å². The number of nitrogens with zero attached hydrogens (tertiary/aromatic N) is 2. The van der Waals surface area contributed by atoms with Crippen molar-refractivity contribution in [3.63, 3.8) is 0 Å². The van der Waals surface area contributed by atoms with Crippen LogP contribution in [0.25, 0.3) is 0 Å². The fourth-order valence-corrected chi connectivity index (χ4v) is 3.79. The van der Waals surface area contributed by atoms with Crippen LogP contribution in [-0.4, -0.2) is 34.4 Å². The second kappa shape index (κ2) is 7.25. The van der Waals surface area contributed by atoms with Gasteiger partial charge in [-0.15, -0.1) is 11.3 Å². The van der Waals surface area contributed by atoms with Gasteiger partial charge in [-0.25, -0.2) is 9.78 Å². The summed E-state index contributed by atoms with van der Waals surface area (Å²) in [5.41, 5.74) is 1.60. The van der Waals surface area contributed by atoms with Crippen LogP contribution in [0.5, 0.6) is 0 Å². The summed E-state index contributed by atoms with van der Waals surface area (Å²) in [6.07, 6.45) is 1.35. The molecular weight excluding hydrogens is 354 g/mol. The number of nitrogens with one attached hydrogen (secondary N) is 1. The number of anilines is 1. The van der Waals surface area contributed by atoms with Crippen LogP contribution >= 0.6 is 11.3 Å². The van der Waals surface area contributed by atoms with Crippen LogP contribution in [0.3, 0.4) is 0 Å². The van der Waals surface area contributed by atoms with E-state index in [0.29, 0.717) is 34.9 Å². The highest BCUT2D eigenvalue weighted by Gasteiger charge is 2.23. The third kappa shape index (κ3) is 3.60. The summed E-state index contributed by atoms with van der Waals surface area (Å²) in [6, 6.07) is 6.52. The predicted molar refractivity (Wildman–Crippen MR) is 97.7 cm³/mol. The fraction of sp³-hybridized carbons (Fsp3) is 0.333. The minimum absolute atomic E-state index is 0.0652. The van der Waals surface area contributed by atoms with Crippen molar-refractivity contribution in [2.75, 3.05) is 11.4 Å². The topological polar surface area (TPSA) is 99.6 Å². The summed E-state index contributed by atoms with van der Waals surface area (Å²) < 4.78 is 0. The number of carbonyl (C=O) groups excluding carboxylic acids is 2. The monoisotopic (exact) mass is 373 g/mol. The normalized spacial score (nSPS) is 15.2. The summed E-state index contributed by atoms with van der Waals surface area (Å²) in [7, 11) is 0. The SMILES string of the molecule is Cc1nc(C(C)NC(=O)c2cccc(N3CCCC3=O)c2)sc1C(=O)O. The number of aromatic nitrogens is 1. The van der Waals surface area contributed by atoms with E-state index in [1.54, 1.807) is 36.9 Å². The summed E-state index contributed by atoms with van der Waals surface area (Å²) in [4.78, 5) is 41.7. The van der Waals surface area contributed by atoms with Gasteiger partial charge in [0.2, 0.25) is 5.91 Å². The van der Waals surface area contributed by atoms with Crippen molar-refractivity contribution in [2.24, 2.45) is 0 Å². The molecule has 1 aromatic heterocycles. The number of carbonyl (C=O) groups is 3.